The van der Waals surface area contributed by atoms with Crippen molar-refractivity contribution in [3.05, 3.63) is 18.2 Å². The zero-order chi connectivity index (χ0) is 12.5. The lowest BCUT2D eigenvalue weighted by Gasteiger charge is -2.11. The highest BCUT2D eigenvalue weighted by Gasteiger charge is 2.18. The minimum atomic E-state index is -3.16. The summed E-state index contributed by atoms with van der Waals surface area (Å²) in [5.41, 5.74) is 6.48. The molecule has 0 radical (unpaired) electrons. The highest BCUT2D eigenvalue weighted by Crippen LogP contribution is 2.37. The van der Waals surface area contributed by atoms with Gasteiger partial charge in [-0.25, -0.2) is 8.42 Å². The highest BCUT2D eigenvalue weighted by molar-refractivity contribution is 8.00. The Morgan fingerprint density at radius 3 is 2.47 bits per heavy atom. The van der Waals surface area contributed by atoms with Crippen LogP contribution in [0.4, 0.5) is 5.69 Å². The lowest BCUT2D eigenvalue weighted by atomic mass is 10.3. The molecule has 94 valence electrons. The second-order valence-electron chi connectivity index (χ2n) is 4.50. The fourth-order valence-corrected chi connectivity index (χ4v) is 3.98. The van der Waals surface area contributed by atoms with Crippen molar-refractivity contribution in [2.45, 2.75) is 40.7 Å². The Hall–Kier alpha value is -0.680. The van der Waals surface area contributed by atoms with E-state index in [0.29, 0.717) is 15.8 Å². The SMILES string of the molecule is CS(=O)(=O)c1ccc(SC2CCCC2)c(N)c1. The van der Waals surface area contributed by atoms with Gasteiger partial charge in [0.05, 0.1) is 4.90 Å². The highest BCUT2D eigenvalue weighted by atomic mass is 32.2. The predicted molar refractivity (Wildman–Crippen MR) is 72.1 cm³/mol. The van der Waals surface area contributed by atoms with E-state index in [0.717, 1.165) is 4.90 Å². The molecular formula is C12H17NO2S2. The maximum absolute atomic E-state index is 11.4. The molecule has 1 aromatic rings. The maximum atomic E-state index is 11.4. The molecule has 0 amide bonds. The molecular weight excluding hydrogens is 254 g/mol. The molecule has 2 N–H and O–H groups in total. The van der Waals surface area contributed by atoms with Crippen molar-refractivity contribution in [2.75, 3.05) is 12.0 Å². The molecule has 17 heavy (non-hydrogen) atoms. The topological polar surface area (TPSA) is 60.2 Å². The Bertz CT molecular complexity index is 505. The van der Waals surface area contributed by atoms with Crippen LogP contribution in [-0.2, 0) is 9.84 Å². The zero-order valence-electron chi connectivity index (χ0n) is 9.85. The molecule has 0 aromatic heterocycles. The molecule has 5 heteroatoms. The first-order valence-corrected chi connectivity index (χ1v) is 8.50. The molecule has 0 spiro atoms. The van der Waals surface area contributed by atoms with Crippen molar-refractivity contribution < 1.29 is 8.42 Å². The van der Waals surface area contributed by atoms with E-state index in [4.69, 9.17) is 5.73 Å². The monoisotopic (exact) mass is 271 g/mol. The molecule has 0 heterocycles. The first-order valence-electron chi connectivity index (χ1n) is 5.73. The van der Waals surface area contributed by atoms with Gasteiger partial charge in [0.25, 0.3) is 0 Å². The largest absolute Gasteiger partial charge is 0.398 e. The standard InChI is InChI=1S/C12H17NO2S2/c1-17(14,15)10-6-7-12(11(13)8-10)16-9-4-2-3-5-9/h6-9H,2-5,13H2,1H3. The van der Waals surface area contributed by atoms with E-state index in [1.807, 2.05) is 6.07 Å². The Morgan fingerprint density at radius 1 is 1.29 bits per heavy atom. The molecule has 1 fully saturated rings. The molecule has 2 rings (SSSR count). The lowest BCUT2D eigenvalue weighted by Crippen LogP contribution is -2.01. The number of hydrogen-bond acceptors (Lipinski definition) is 4. The molecule has 1 aromatic carbocycles. The van der Waals surface area contributed by atoms with Gasteiger partial charge in [-0.2, -0.15) is 0 Å². The van der Waals surface area contributed by atoms with Crippen molar-refractivity contribution >= 4 is 27.3 Å². The van der Waals surface area contributed by atoms with Crippen LogP contribution in [0.1, 0.15) is 25.7 Å². The van der Waals surface area contributed by atoms with Crippen molar-refractivity contribution in [1.29, 1.82) is 0 Å². The smallest absolute Gasteiger partial charge is 0.175 e. The molecule has 0 saturated heterocycles. The van der Waals surface area contributed by atoms with Gasteiger partial charge < -0.3 is 5.73 Å². The van der Waals surface area contributed by atoms with E-state index >= 15 is 0 Å². The summed E-state index contributed by atoms with van der Waals surface area (Å²) >= 11 is 1.78. The Morgan fingerprint density at radius 2 is 1.94 bits per heavy atom. The van der Waals surface area contributed by atoms with Gasteiger partial charge in [-0.1, -0.05) is 12.8 Å². The predicted octanol–water partition coefficient (Wildman–Crippen LogP) is 2.71. The van der Waals surface area contributed by atoms with Gasteiger partial charge in [0, 0.05) is 22.1 Å². The van der Waals surface area contributed by atoms with Gasteiger partial charge in [0.2, 0.25) is 0 Å². The van der Waals surface area contributed by atoms with Gasteiger partial charge in [-0.05, 0) is 31.0 Å². The van der Waals surface area contributed by atoms with Crippen molar-refractivity contribution in [1.82, 2.24) is 0 Å². The molecule has 1 aliphatic carbocycles. The summed E-state index contributed by atoms with van der Waals surface area (Å²) in [5, 5.41) is 0.640. The van der Waals surface area contributed by atoms with E-state index < -0.39 is 9.84 Å². The van der Waals surface area contributed by atoms with E-state index in [-0.39, 0.29) is 0 Å². The van der Waals surface area contributed by atoms with Crippen LogP contribution < -0.4 is 5.73 Å². The van der Waals surface area contributed by atoms with Gasteiger partial charge in [0.15, 0.2) is 9.84 Å². The zero-order valence-corrected chi connectivity index (χ0v) is 11.5. The number of anilines is 1. The van der Waals surface area contributed by atoms with Gasteiger partial charge in [-0.3, -0.25) is 0 Å². The van der Waals surface area contributed by atoms with Crippen LogP contribution in [0.25, 0.3) is 0 Å². The molecule has 1 saturated carbocycles. The summed E-state index contributed by atoms with van der Waals surface area (Å²) in [6.45, 7) is 0. The molecule has 0 aliphatic heterocycles. The number of hydrogen-bond donors (Lipinski definition) is 1. The van der Waals surface area contributed by atoms with Crippen LogP contribution in [0.3, 0.4) is 0 Å². The first kappa shape index (κ1) is 12.8. The summed E-state index contributed by atoms with van der Waals surface area (Å²) in [4.78, 5) is 1.30. The Labute approximate surface area is 107 Å². The maximum Gasteiger partial charge on any atom is 0.175 e. The van der Waals surface area contributed by atoms with Crippen LogP contribution in [0.5, 0.6) is 0 Å². The number of sulfone groups is 1. The van der Waals surface area contributed by atoms with Crippen molar-refractivity contribution in [2.24, 2.45) is 0 Å². The minimum Gasteiger partial charge on any atom is -0.398 e. The molecule has 0 atom stereocenters. The lowest BCUT2D eigenvalue weighted by molar-refractivity contribution is 0.602. The summed E-state index contributed by atoms with van der Waals surface area (Å²) < 4.78 is 22.8. The first-order chi connectivity index (χ1) is 7.97. The van der Waals surface area contributed by atoms with Crippen LogP contribution in [0.15, 0.2) is 28.0 Å². The minimum absolute atomic E-state index is 0.297. The van der Waals surface area contributed by atoms with Gasteiger partial charge in [0.1, 0.15) is 0 Å². The van der Waals surface area contributed by atoms with Crippen molar-refractivity contribution in [3.8, 4) is 0 Å². The number of benzene rings is 1. The van der Waals surface area contributed by atoms with E-state index in [1.165, 1.54) is 31.9 Å². The number of nitrogen functional groups attached to an aromatic ring is 1. The van der Waals surface area contributed by atoms with Crippen LogP contribution >= 0.6 is 11.8 Å². The van der Waals surface area contributed by atoms with E-state index in [2.05, 4.69) is 0 Å². The fraction of sp³-hybridized carbons (Fsp3) is 0.500. The third kappa shape index (κ3) is 3.16. The van der Waals surface area contributed by atoms with E-state index in [9.17, 15) is 8.42 Å². The summed E-state index contributed by atoms with van der Waals surface area (Å²) in [5.74, 6) is 0. The third-order valence-corrected chi connectivity index (χ3v) is 5.55. The second-order valence-corrected chi connectivity index (χ2v) is 7.85. The Kier molecular flexibility index (Phi) is 3.68. The third-order valence-electron chi connectivity index (χ3n) is 3.01. The summed E-state index contributed by atoms with van der Waals surface area (Å²) in [7, 11) is -3.16. The molecule has 1 aliphatic rings. The quantitative estimate of drug-likeness (QED) is 0.859. The second kappa shape index (κ2) is 4.90. The fourth-order valence-electron chi connectivity index (χ4n) is 2.05. The number of thioether (sulfide) groups is 1. The average molecular weight is 271 g/mol. The van der Waals surface area contributed by atoms with Crippen LogP contribution in [-0.4, -0.2) is 19.9 Å². The number of rotatable bonds is 3. The van der Waals surface area contributed by atoms with Crippen LogP contribution in [0.2, 0.25) is 0 Å². The van der Waals surface area contributed by atoms with Crippen LogP contribution in [0, 0.1) is 0 Å². The summed E-state index contributed by atoms with van der Waals surface area (Å²) in [6, 6.07) is 5.03. The normalized spacial score (nSPS) is 17.5. The van der Waals surface area contributed by atoms with Crippen molar-refractivity contribution in [3.63, 3.8) is 0 Å². The summed E-state index contributed by atoms with van der Waals surface area (Å²) in [6.07, 6.45) is 6.25. The average Bonchev–Trinajstić information content (AvgIpc) is 2.72. The van der Waals surface area contributed by atoms with E-state index in [1.54, 1.807) is 23.9 Å². The van der Waals surface area contributed by atoms with Gasteiger partial charge in [-0.15, -0.1) is 11.8 Å². The molecule has 0 unspecified atom stereocenters. The number of nitrogens with two attached hydrogens (primary N) is 1. The van der Waals surface area contributed by atoms with Gasteiger partial charge >= 0.3 is 0 Å². The Balaban J connectivity index is 2.19. The molecule has 3 nitrogen and oxygen atoms in total. The molecule has 0 bridgehead atoms.